The molecule has 0 aliphatic carbocycles. The fourth-order valence-corrected chi connectivity index (χ4v) is 2.76. The van der Waals surface area contributed by atoms with Crippen LogP contribution in [0.4, 0.5) is 4.39 Å². The zero-order valence-corrected chi connectivity index (χ0v) is 11.4. The molecule has 90 valence electrons. The smallest absolute Gasteiger partial charge is 0.127 e. The number of hydrazine groups is 1. The van der Waals surface area contributed by atoms with E-state index in [-0.39, 0.29) is 11.9 Å². The Bertz CT molecular complexity index is 487. The highest BCUT2D eigenvalue weighted by atomic mass is 79.9. The Morgan fingerprint density at radius 2 is 2.24 bits per heavy atom. The number of hydrogen-bond acceptors (Lipinski definition) is 3. The van der Waals surface area contributed by atoms with E-state index in [9.17, 15) is 4.39 Å². The topological polar surface area (TPSA) is 38.0 Å². The highest BCUT2D eigenvalue weighted by Crippen LogP contribution is 2.24. The van der Waals surface area contributed by atoms with Crippen LogP contribution in [0.5, 0.6) is 0 Å². The second-order valence-corrected chi connectivity index (χ2v) is 5.57. The van der Waals surface area contributed by atoms with E-state index in [0.717, 1.165) is 9.35 Å². The lowest BCUT2D eigenvalue weighted by molar-refractivity contribution is 0.535. The first-order valence-corrected chi connectivity index (χ1v) is 6.81. The normalized spacial score (nSPS) is 12.6. The van der Waals surface area contributed by atoms with Crippen LogP contribution in [0.3, 0.4) is 0 Å². The van der Waals surface area contributed by atoms with Gasteiger partial charge in [-0.1, -0.05) is 28.1 Å². The van der Waals surface area contributed by atoms with Crippen LogP contribution < -0.4 is 11.3 Å². The van der Waals surface area contributed by atoms with Crippen LogP contribution >= 0.6 is 27.3 Å². The standard InChI is InChI=1S/C12H12BrFN2S/c13-9-4-3-8(10(14)7-9)6-11(16-15)12-2-1-5-17-12/h1-5,7,11,16H,6,15H2. The summed E-state index contributed by atoms with van der Waals surface area (Å²) in [6, 6.07) is 8.98. The molecule has 3 N–H and O–H groups in total. The van der Waals surface area contributed by atoms with Gasteiger partial charge in [0.2, 0.25) is 0 Å². The van der Waals surface area contributed by atoms with Gasteiger partial charge in [-0.2, -0.15) is 0 Å². The number of halogens is 2. The molecule has 2 aromatic rings. The van der Waals surface area contributed by atoms with Crippen molar-refractivity contribution in [1.29, 1.82) is 0 Å². The maximum Gasteiger partial charge on any atom is 0.127 e. The van der Waals surface area contributed by atoms with Crippen LogP contribution in [0.15, 0.2) is 40.2 Å². The molecule has 1 unspecified atom stereocenters. The molecule has 0 bridgehead atoms. The molecule has 1 atom stereocenters. The fourth-order valence-electron chi connectivity index (χ4n) is 1.64. The largest absolute Gasteiger partial charge is 0.271 e. The van der Waals surface area contributed by atoms with Gasteiger partial charge < -0.3 is 0 Å². The van der Waals surface area contributed by atoms with Crippen LogP contribution in [0.25, 0.3) is 0 Å². The van der Waals surface area contributed by atoms with Crippen molar-refractivity contribution in [1.82, 2.24) is 5.43 Å². The van der Waals surface area contributed by atoms with E-state index in [1.807, 2.05) is 23.6 Å². The molecule has 1 heterocycles. The third-order valence-corrected chi connectivity index (χ3v) is 4.01. The van der Waals surface area contributed by atoms with Crippen LogP contribution in [0.2, 0.25) is 0 Å². The lowest BCUT2D eigenvalue weighted by Gasteiger charge is -2.14. The lowest BCUT2D eigenvalue weighted by Crippen LogP contribution is -2.29. The Morgan fingerprint density at radius 1 is 1.41 bits per heavy atom. The van der Waals surface area contributed by atoms with E-state index in [0.29, 0.717) is 12.0 Å². The van der Waals surface area contributed by atoms with Crippen molar-refractivity contribution < 1.29 is 4.39 Å². The molecule has 1 aromatic heterocycles. The molecular weight excluding hydrogens is 303 g/mol. The summed E-state index contributed by atoms with van der Waals surface area (Å²) in [6.07, 6.45) is 0.538. The first kappa shape index (κ1) is 12.7. The van der Waals surface area contributed by atoms with Gasteiger partial charge in [-0.05, 0) is 35.6 Å². The minimum atomic E-state index is -0.212. The van der Waals surface area contributed by atoms with Gasteiger partial charge in [-0.3, -0.25) is 11.3 Å². The minimum absolute atomic E-state index is 0.0503. The Kier molecular flexibility index (Phi) is 4.28. The van der Waals surface area contributed by atoms with Crippen molar-refractivity contribution in [3.05, 3.63) is 56.4 Å². The summed E-state index contributed by atoms with van der Waals surface area (Å²) < 4.78 is 14.4. The van der Waals surface area contributed by atoms with Crippen molar-refractivity contribution in [2.45, 2.75) is 12.5 Å². The Labute approximate surface area is 112 Å². The highest BCUT2D eigenvalue weighted by Gasteiger charge is 2.14. The predicted octanol–water partition coefficient (Wildman–Crippen LogP) is 3.40. The van der Waals surface area contributed by atoms with Gasteiger partial charge in [-0.25, -0.2) is 4.39 Å². The molecule has 0 spiro atoms. The van der Waals surface area contributed by atoms with E-state index in [4.69, 9.17) is 5.84 Å². The Balaban J connectivity index is 2.19. The van der Waals surface area contributed by atoms with Gasteiger partial charge in [0.1, 0.15) is 5.82 Å². The minimum Gasteiger partial charge on any atom is -0.271 e. The molecule has 0 aliphatic rings. The van der Waals surface area contributed by atoms with E-state index in [2.05, 4.69) is 21.4 Å². The van der Waals surface area contributed by atoms with Gasteiger partial charge in [0, 0.05) is 9.35 Å². The van der Waals surface area contributed by atoms with Crippen molar-refractivity contribution in [3.8, 4) is 0 Å². The molecule has 0 aliphatic heterocycles. The van der Waals surface area contributed by atoms with Gasteiger partial charge in [0.25, 0.3) is 0 Å². The number of nitrogens with two attached hydrogens (primary N) is 1. The average molecular weight is 315 g/mol. The molecule has 0 saturated heterocycles. The zero-order valence-electron chi connectivity index (χ0n) is 8.99. The summed E-state index contributed by atoms with van der Waals surface area (Å²) in [4.78, 5) is 1.11. The number of nitrogens with one attached hydrogen (secondary N) is 1. The molecule has 0 amide bonds. The van der Waals surface area contributed by atoms with Crippen molar-refractivity contribution >= 4 is 27.3 Å². The van der Waals surface area contributed by atoms with Gasteiger partial charge in [-0.15, -0.1) is 11.3 Å². The lowest BCUT2D eigenvalue weighted by atomic mass is 10.0. The molecule has 2 nitrogen and oxygen atoms in total. The number of benzene rings is 1. The van der Waals surface area contributed by atoms with Crippen LogP contribution in [0.1, 0.15) is 16.5 Å². The van der Waals surface area contributed by atoms with Crippen LogP contribution in [-0.2, 0) is 6.42 Å². The summed E-state index contributed by atoms with van der Waals surface area (Å²) >= 11 is 4.85. The second-order valence-electron chi connectivity index (χ2n) is 3.67. The second kappa shape index (κ2) is 5.73. The molecule has 17 heavy (non-hydrogen) atoms. The summed E-state index contributed by atoms with van der Waals surface area (Å²) in [6.45, 7) is 0. The predicted molar refractivity (Wildman–Crippen MR) is 72.2 cm³/mol. The fraction of sp³-hybridized carbons (Fsp3) is 0.167. The summed E-state index contributed by atoms with van der Waals surface area (Å²) in [5.41, 5.74) is 3.38. The van der Waals surface area contributed by atoms with Gasteiger partial charge >= 0.3 is 0 Å². The van der Waals surface area contributed by atoms with Crippen molar-refractivity contribution in [2.24, 2.45) is 5.84 Å². The van der Waals surface area contributed by atoms with Gasteiger partial charge in [0.15, 0.2) is 0 Å². The van der Waals surface area contributed by atoms with Crippen molar-refractivity contribution in [2.75, 3.05) is 0 Å². The van der Waals surface area contributed by atoms with Crippen LogP contribution in [-0.4, -0.2) is 0 Å². The van der Waals surface area contributed by atoms with E-state index < -0.39 is 0 Å². The monoisotopic (exact) mass is 314 g/mol. The Morgan fingerprint density at radius 3 is 2.82 bits per heavy atom. The van der Waals surface area contributed by atoms with E-state index in [1.54, 1.807) is 17.4 Å². The third kappa shape index (κ3) is 3.13. The number of thiophene rings is 1. The maximum atomic E-state index is 13.7. The first-order chi connectivity index (χ1) is 8.20. The SMILES string of the molecule is NNC(Cc1ccc(Br)cc1F)c1cccs1. The van der Waals surface area contributed by atoms with Crippen molar-refractivity contribution in [3.63, 3.8) is 0 Å². The molecule has 1 aromatic carbocycles. The Hall–Kier alpha value is -0.750. The van der Waals surface area contributed by atoms with E-state index in [1.165, 1.54) is 6.07 Å². The summed E-state index contributed by atoms with van der Waals surface area (Å²) in [7, 11) is 0. The van der Waals surface area contributed by atoms with Crippen LogP contribution in [0, 0.1) is 5.82 Å². The number of rotatable bonds is 4. The highest BCUT2D eigenvalue weighted by molar-refractivity contribution is 9.10. The average Bonchev–Trinajstić information content (AvgIpc) is 2.81. The molecule has 5 heteroatoms. The first-order valence-electron chi connectivity index (χ1n) is 5.14. The summed E-state index contributed by atoms with van der Waals surface area (Å²) in [5, 5.41) is 1.98. The molecule has 2 rings (SSSR count). The third-order valence-electron chi connectivity index (χ3n) is 2.53. The molecule has 0 saturated carbocycles. The van der Waals surface area contributed by atoms with Gasteiger partial charge in [0.05, 0.1) is 6.04 Å². The van der Waals surface area contributed by atoms with E-state index >= 15 is 0 Å². The molecular formula is C12H12BrFN2S. The number of hydrogen-bond donors (Lipinski definition) is 2. The zero-order chi connectivity index (χ0) is 12.3. The quantitative estimate of drug-likeness (QED) is 0.670. The summed E-state index contributed by atoms with van der Waals surface area (Å²) in [5.74, 6) is 5.30. The maximum absolute atomic E-state index is 13.7. The molecule has 0 fully saturated rings. The molecule has 0 radical (unpaired) electrons.